The summed E-state index contributed by atoms with van der Waals surface area (Å²) < 4.78 is 1.67. The average molecular weight is 259 g/mol. The van der Waals surface area contributed by atoms with E-state index in [9.17, 15) is 4.79 Å². The zero-order valence-electron chi connectivity index (χ0n) is 10.7. The number of amides is 1. The third-order valence-corrected chi connectivity index (χ3v) is 3.72. The molecule has 3 heterocycles. The summed E-state index contributed by atoms with van der Waals surface area (Å²) in [5.41, 5.74) is 7.12. The molecule has 0 radical (unpaired) electrons. The first-order chi connectivity index (χ1) is 9.31. The second kappa shape index (κ2) is 4.97. The Balaban J connectivity index is 1.94. The molecule has 1 aliphatic rings. The van der Waals surface area contributed by atoms with Crippen LogP contribution in [0.1, 0.15) is 29.6 Å². The number of nitrogens with zero attached hydrogens (tertiary/aromatic N) is 4. The highest BCUT2D eigenvalue weighted by Gasteiger charge is 2.28. The number of piperidine rings is 1. The fraction of sp³-hybridized carbons (Fsp3) is 0.462. The van der Waals surface area contributed by atoms with Gasteiger partial charge in [0.15, 0.2) is 0 Å². The minimum Gasteiger partial charge on any atom is -0.334 e. The highest BCUT2D eigenvalue weighted by molar-refractivity contribution is 6.00. The van der Waals surface area contributed by atoms with Crippen LogP contribution in [0.15, 0.2) is 24.8 Å². The number of carbonyl (C=O) groups is 1. The van der Waals surface area contributed by atoms with Gasteiger partial charge in [0.05, 0.1) is 23.5 Å². The van der Waals surface area contributed by atoms with Crippen LogP contribution in [0.3, 0.4) is 0 Å². The average Bonchev–Trinajstić information content (AvgIpc) is 2.90. The van der Waals surface area contributed by atoms with Crippen LogP contribution in [-0.2, 0) is 0 Å². The van der Waals surface area contributed by atoms with Crippen LogP contribution < -0.4 is 5.73 Å². The molecule has 1 fully saturated rings. The van der Waals surface area contributed by atoms with Crippen molar-refractivity contribution in [1.29, 1.82) is 0 Å². The van der Waals surface area contributed by atoms with Crippen molar-refractivity contribution in [3.05, 3.63) is 30.4 Å². The van der Waals surface area contributed by atoms with Crippen molar-refractivity contribution < 1.29 is 4.79 Å². The van der Waals surface area contributed by atoms with Gasteiger partial charge in [-0.15, -0.1) is 0 Å². The summed E-state index contributed by atoms with van der Waals surface area (Å²) >= 11 is 0. The molecule has 2 aromatic heterocycles. The van der Waals surface area contributed by atoms with E-state index in [-0.39, 0.29) is 11.9 Å². The molecule has 0 aliphatic carbocycles. The quantitative estimate of drug-likeness (QED) is 0.860. The number of fused-ring (bicyclic) bond motifs is 1. The van der Waals surface area contributed by atoms with E-state index >= 15 is 0 Å². The van der Waals surface area contributed by atoms with E-state index in [1.807, 2.05) is 4.90 Å². The summed E-state index contributed by atoms with van der Waals surface area (Å²) in [4.78, 5) is 18.6. The van der Waals surface area contributed by atoms with Gasteiger partial charge >= 0.3 is 0 Å². The van der Waals surface area contributed by atoms with Gasteiger partial charge < -0.3 is 10.6 Å². The predicted octanol–water partition coefficient (Wildman–Crippen LogP) is 0.683. The number of rotatable bonds is 2. The molecule has 1 amide bonds. The molecule has 1 aliphatic heterocycles. The lowest BCUT2D eigenvalue weighted by molar-refractivity contribution is 0.0625. The highest BCUT2D eigenvalue weighted by atomic mass is 16.2. The van der Waals surface area contributed by atoms with E-state index < -0.39 is 0 Å². The van der Waals surface area contributed by atoms with Crippen molar-refractivity contribution in [3.63, 3.8) is 0 Å². The van der Waals surface area contributed by atoms with Crippen molar-refractivity contribution in [3.8, 4) is 0 Å². The zero-order valence-corrected chi connectivity index (χ0v) is 10.7. The fourth-order valence-corrected chi connectivity index (χ4v) is 2.67. The predicted molar refractivity (Wildman–Crippen MR) is 70.7 cm³/mol. The van der Waals surface area contributed by atoms with Gasteiger partial charge in [0.1, 0.15) is 0 Å². The topological polar surface area (TPSA) is 76.5 Å². The Bertz CT molecular complexity index is 593. The maximum absolute atomic E-state index is 12.6. The maximum Gasteiger partial charge on any atom is 0.258 e. The van der Waals surface area contributed by atoms with Gasteiger partial charge in [0.2, 0.25) is 0 Å². The molecule has 2 aromatic rings. The molecular weight excluding hydrogens is 242 g/mol. The number of aromatic nitrogens is 3. The maximum atomic E-state index is 12.6. The Hall–Kier alpha value is -1.95. The number of nitrogens with two attached hydrogens (primary N) is 1. The molecule has 100 valence electrons. The van der Waals surface area contributed by atoms with Gasteiger partial charge in [-0.05, 0) is 19.3 Å². The lowest BCUT2D eigenvalue weighted by atomic mass is 10.0. The SMILES string of the molecule is NCC1CCCCN1C(=O)c1cnn2ccncc12. The third-order valence-electron chi connectivity index (χ3n) is 3.72. The normalized spacial score (nSPS) is 19.8. The molecule has 0 aromatic carbocycles. The minimum absolute atomic E-state index is 0.0122. The van der Waals surface area contributed by atoms with Crippen LogP contribution in [0.25, 0.3) is 5.52 Å². The largest absolute Gasteiger partial charge is 0.334 e. The van der Waals surface area contributed by atoms with Crippen LogP contribution in [0.5, 0.6) is 0 Å². The molecule has 0 bridgehead atoms. The molecule has 1 unspecified atom stereocenters. The first-order valence-electron chi connectivity index (χ1n) is 6.59. The summed E-state index contributed by atoms with van der Waals surface area (Å²) in [6.45, 7) is 1.29. The van der Waals surface area contributed by atoms with Crippen LogP contribution >= 0.6 is 0 Å². The first-order valence-corrected chi connectivity index (χ1v) is 6.59. The second-order valence-corrected chi connectivity index (χ2v) is 4.85. The van der Waals surface area contributed by atoms with E-state index in [4.69, 9.17) is 5.73 Å². The van der Waals surface area contributed by atoms with Crippen LogP contribution in [-0.4, -0.2) is 44.5 Å². The van der Waals surface area contributed by atoms with Gasteiger partial charge in [-0.2, -0.15) is 5.10 Å². The summed E-state index contributed by atoms with van der Waals surface area (Å²) in [5, 5.41) is 4.18. The van der Waals surface area contributed by atoms with Crippen LogP contribution in [0.2, 0.25) is 0 Å². The Morgan fingerprint density at radius 1 is 1.42 bits per heavy atom. The van der Waals surface area contributed by atoms with Gasteiger partial charge in [0, 0.05) is 31.5 Å². The number of hydrogen-bond acceptors (Lipinski definition) is 4. The monoisotopic (exact) mass is 259 g/mol. The number of carbonyl (C=O) groups excluding carboxylic acids is 1. The smallest absolute Gasteiger partial charge is 0.258 e. The van der Waals surface area contributed by atoms with E-state index in [0.717, 1.165) is 31.3 Å². The molecule has 6 nitrogen and oxygen atoms in total. The molecular formula is C13H17N5O. The van der Waals surface area contributed by atoms with Crippen molar-refractivity contribution in [2.24, 2.45) is 5.73 Å². The van der Waals surface area contributed by atoms with Crippen molar-refractivity contribution >= 4 is 11.4 Å². The van der Waals surface area contributed by atoms with E-state index in [1.54, 1.807) is 29.3 Å². The zero-order chi connectivity index (χ0) is 13.2. The van der Waals surface area contributed by atoms with E-state index in [2.05, 4.69) is 10.1 Å². The Labute approximate surface area is 111 Å². The molecule has 1 atom stereocenters. The Morgan fingerprint density at radius 2 is 2.32 bits per heavy atom. The van der Waals surface area contributed by atoms with E-state index in [0.29, 0.717) is 12.1 Å². The van der Waals surface area contributed by atoms with Gasteiger partial charge in [-0.25, -0.2) is 4.52 Å². The lowest BCUT2D eigenvalue weighted by Crippen LogP contribution is -2.47. The van der Waals surface area contributed by atoms with Crippen LogP contribution in [0, 0.1) is 0 Å². The van der Waals surface area contributed by atoms with Gasteiger partial charge in [-0.3, -0.25) is 9.78 Å². The molecule has 1 saturated heterocycles. The Kier molecular flexibility index (Phi) is 3.16. The summed E-state index contributed by atoms with van der Waals surface area (Å²) in [5.74, 6) is 0.0122. The second-order valence-electron chi connectivity index (χ2n) is 4.85. The number of likely N-dealkylation sites (tertiary alicyclic amines) is 1. The van der Waals surface area contributed by atoms with Gasteiger partial charge in [0.25, 0.3) is 5.91 Å². The summed E-state index contributed by atoms with van der Waals surface area (Å²) in [7, 11) is 0. The molecule has 6 heteroatoms. The Morgan fingerprint density at radius 3 is 3.16 bits per heavy atom. The summed E-state index contributed by atoms with van der Waals surface area (Å²) in [6, 6.07) is 0.146. The van der Waals surface area contributed by atoms with Crippen molar-refractivity contribution in [2.45, 2.75) is 25.3 Å². The van der Waals surface area contributed by atoms with Crippen molar-refractivity contribution in [1.82, 2.24) is 19.5 Å². The summed E-state index contributed by atoms with van der Waals surface area (Å²) in [6.07, 6.45) is 9.84. The standard InChI is InChI=1S/C13H17N5O/c14-7-10-3-1-2-5-17(10)13(19)11-8-16-18-6-4-15-9-12(11)18/h4,6,8-10H,1-3,5,7,14H2. The van der Waals surface area contributed by atoms with Crippen molar-refractivity contribution in [2.75, 3.05) is 13.1 Å². The first kappa shape index (κ1) is 12.1. The molecule has 3 rings (SSSR count). The van der Waals surface area contributed by atoms with Crippen LogP contribution in [0.4, 0.5) is 0 Å². The molecule has 2 N–H and O–H groups in total. The highest BCUT2D eigenvalue weighted by Crippen LogP contribution is 2.20. The minimum atomic E-state index is 0.0122. The number of hydrogen-bond donors (Lipinski definition) is 1. The lowest BCUT2D eigenvalue weighted by Gasteiger charge is -2.34. The molecule has 19 heavy (non-hydrogen) atoms. The third kappa shape index (κ3) is 2.08. The van der Waals surface area contributed by atoms with E-state index in [1.165, 1.54) is 0 Å². The molecule has 0 spiro atoms. The van der Waals surface area contributed by atoms with Gasteiger partial charge in [-0.1, -0.05) is 0 Å². The molecule has 0 saturated carbocycles. The fourth-order valence-electron chi connectivity index (χ4n) is 2.67.